The Balaban J connectivity index is 2.12. The summed E-state index contributed by atoms with van der Waals surface area (Å²) in [5.74, 6) is 0.183. The number of hydrogen-bond donors (Lipinski definition) is 1. The third kappa shape index (κ3) is 3.93. The summed E-state index contributed by atoms with van der Waals surface area (Å²) in [6.07, 6.45) is 4.81. The zero-order valence-corrected chi connectivity index (χ0v) is 12.1. The predicted octanol–water partition coefficient (Wildman–Crippen LogP) is 2.31. The molecule has 0 unspecified atom stereocenters. The van der Waals surface area contributed by atoms with Gasteiger partial charge in [-0.05, 0) is 29.8 Å². The van der Waals surface area contributed by atoms with Crippen LogP contribution in [0.25, 0.3) is 6.08 Å². The van der Waals surface area contributed by atoms with E-state index in [4.69, 9.17) is 4.74 Å². The Kier molecular flexibility index (Phi) is 5.27. The Labute approximate surface area is 128 Å². The van der Waals surface area contributed by atoms with Gasteiger partial charge in [-0.1, -0.05) is 18.2 Å². The van der Waals surface area contributed by atoms with Gasteiger partial charge in [0, 0.05) is 24.5 Å². The molecule has 0 atom stereocenters. The number of nitrogens with one attached hydrogen (secondary N) is 1. The van der Waals surface area contributed by atoms with Crippen molar-refractivity contribution in [1.29, 1.82) is 5.26 Å². The zero-order chi connectivity index (χ0) is 15.8. The minimum absolute atomic E-state index is 0.0264. The van der Waals surface area contributed by atoms with Gasteiger partial charge in [-0.3, -0.25) is 9.78 Å². The number of nitrogens with zero attached hydrogens (tertiary/aromatic N) is 2. The molecule has 110 valence electrons. The average Bonchev–Trinajstić information content (AvgIpc) is 2.58. The van der Waals surface area contributed by atoms with E-state index in [1.165, 1.54) is 6.08 Å². The van der Waals surface area contributed by atoms with E-state index in [1.807, 2.05) is 18.2 Å². The first-order valence-electron chi connectivity index (χ1n) is 6.66. The van der Waals surface area contributed by atoms with Crippen LogP contribution in [0.3, 0.4) is 0 Å². The Morgan fingerprint density at radius 2 is 2.05 bits per heavy atom. The van der Waals surface area contributed by atoms with Gasteiger partial charge in [-0.2, -0.15) is 5.26 Å². The number of amides is 1. The van der Waals surface area contributed by atoms with Gasteiger partial charge in [-0.15, -0.1) is 0 Å². The molecule has 1 amide bonds. The molecule has 0 fully saturated rings. The summed E-state index contributed by atoms with van der Waals surface area (Å²) in [6, 6.07) is 12.7. The molecule has 22 heavy (non-hydrogen) atoms. The van der Waals surface area contributed by atoms with Gasteiger partial charge in [0.2, 0.25) is 0 Å². The van der Waals surface area contributed by atoms with Crippen LogP contribution in [0.5, 0.6) is 5.75 Å². The van der Waals surface area contributed by atoms with Crippen LogP contribution in [-0.4, -0.2) is 18.0 Å². The smallest absolute Gasteiger partial charge is 0.262 e. The first kappa shape index (κ1) is 15.3. The van der Waals surface area contributed by atoms with Crippen LogP contribution in [0.1, 0.15) is 11.1 Å². The summed E-state index contributed by atoms with van der Waals surface area (Å²) in [6.45, 7) is 0.340. The van der Waals surface area contributed by atoms with Crippen molar-refractivity contribution in [2.24, 2.45) is 0 Å². The number of aromatic nitrogens is 1. The van der Waals surface area contributed by atoms with Crippen molar-refractivity contribution < 1.29 is 9.53 Å². The second-order valence-electron chi connectivity index (χ2n) is 4.45. The Hall–Kier alpha value is -3.13. The summed E-state index contributed by atoms with van der Waals surface area (Å²) in [4.78, 5) is 16.0. The molecule has 0 radical (unpaired) electrons. The van der Waals surface area contributed by atoms with Crippen molar-refractivity contribution in [3.8, 4) is 11.8 Å². The van der Waals surface area contributed by atoms with Crippen LogP contribution in [0.4, 0.5) is 0 Å². The Morgan fingerprint density at radius 3 is 2.73 bits per heavy atom. The van der Waals surface area contributed by atoms with Gasteiger partial charge in [0.25, 0.3) is 5.91 Å². The molecule has 0 saturated carbocycles. The van der Waals surface area contributed by atoms with Gasteiger partial charge < -0.3 is 10.1 Å². The predicted molar refractivity (Wildman–Crippen MR) is 82.7 cm³/mol. The molecular formula is C17H15N3O2. The van der Waals surface area contributed by atoms with E-state index in [-0.39, 0.29) is 5.57 Å². The number of carbonyl (C=O) groups excluding carboxylic acids is 1. The van der Waals surface area contributed by atoms with E-state index in [9.17, 15) is 10.1 Å². The van der Waals surface area contributed by atoms with E-state index in [2.05, 4.69) is 10.3 Å². The molecule has 0 saturated heterocycles. The zero-order valence-electron chi connectivity index (χ0n) is 12.1. The summed E-state index contributed by atoms with van der Waals surface area (Å²) >= 11 is 0. The number of hydrogen-bond acceptors (Lipinski definition) is 4. The van der Waals surface area contributed by atoms with Crippen LogP contribution >= 0.6 is 0 Å². The monoisotopic (exact) mass is 293 g/mol. The van der Waals surface area contributed by atoms with Gasteiger partial charge >= 0.3 is 0 Å². The highest BCUT2D eigenvalue weighted by atomic mass is 16.5. The molecule has 0 bridgehead atoms. The summed E-state index contributed by atoms with van der Waals surface area (Å²) < 4.78 is 5.21. The molecule has 1 N–H and O–H groups in total. The number of methoxy groups -OCH3 is 1. The van der Waals surface area contributed by atoms with E-state index < -0.39 is 5.91 Å². The fraction of sp³-hybridized carbons (Fsp3) is 0.118. The number of carbonyl (C=O) groups is 1. The van der Waals surface area contributed by atoms with Crippen LogP contribution in [0.15, 0.2) is 54.4 Å². The lowest BCUT2D eigenvalue weighted by Gasteiger charge is -2.06. The number of benzene rings is 1. The highest BCUT2D eigenvalue weighted by molar-refractivity contribution is 6.01. The lowest BCUT2D eigenvalue weighted by molar-refractivity contribution is -0.117. The number of nitriles is 1. The van der Waals surface area contributed by atoms with Crippen molar-refractivity contribution >= 4 is 12.0 Å². The summed E-state index contributed by atoms with van der Waals surface area (Å²) in [7, 11) is 1.54. The SMILES string of the molecule is COc1ccccc1/C=C(\C#N)C(=O)NCc1ccncc1. The molecule has 1 aromatic heterocycles. The molecule has 0 aliphatic heterocycles. The van der Waals surface area contributed by atoms with E-state index in [0.717, 1.165) is 5.56 Å². The highest BCUT2D eigenvalue weighted by Crippen LogP contribution is 2.20. The Morgan fingerprint density at radius 1 is 1.32 bits per heavy atom. The van der Waals surface area contributed by atoms with Crippen molar-refractivity contribution in [1.82, 2.24) is 10.3 Å². The molecule has 1 aromatic carbocycles. The number of para-hydroxylation sites is 1. The maximum absolute atomic E-state index is 12.1. The summed E-state index contributed by atoms with van der Waals surface area (Å²) in [5.41, 5.74) is 1.62. The average molecular weight is 293 g/mol. The lowest BCUT2D eigenvalue weighted by atomic mass is 10.1. The highest BCUT2D eigenvalue weighted by Gasteiger charge is 2.10. The van der Waals surface area contributed by atoms with Crippen molar-refractivity contribution in [3.05, 3.63) is 65.5 Å². The largest absolute Gasteiger partial charge is 0.496 e. The number of ether oxygens (including phenoxy) is 1. The van der Waals surface area contributed by atoms with Crippen LogP contribution in [0.2, 0.25) is 0 Å². The first-order valence-corrected chi connectivity index (χ1v) is 6.66. The second kappa shape index (κ2) is 7.60. The standard InChI is InChI=1S/C17H15N3O2/c1-22-16-5-3-2-4-14(16)10-15(11-18)17(21)20-12-13-6-8-19-9-7-13/h2-10H,12H2,1H3,(H,20,21)/b15-10+. The lowest BCUT2D eigenvalue weighted by Crippen LogP contribution is -2.23. The molecule has 5 heteroatoms. The van der Waals surface area contributed by atoms with Gasteiger partial charge in [0.15, 0.2) is 0 Å². The number of pyridine rings is 1. The van der Waals surface area contributed by atoms with Gasteiger partial charge in [0.05, 0.1) is 7.11 Å². The molecule has 0 aliphatic rings. The van der Waals surface area contributed by atoms with Gasteiger partial charge in [-0.25, -0.2) is 0 Å². The fourth-order valence-electron chi connectivity index (χ4n) is 1.87. The molecular weight excluding hydrogens is 278 g/mol. The third-order valence-corrected chi connectivity index (χ3v) is 3.01. The second-order valence-corrected chi connectivity index (χ2v) is 4.45. The topological polar surface area (TPSA) is 75.0 Å². The van der Waals surface area contributed by atoms with Crippen LogP contribution in [-0.2, 0) is 11.3 Å². The molecule has 0 aliphatic carbocycles. The minimum Gasteiger partial charge on any atom is -0.496 e. The normalized spacial score (nSPS) is 10.6. The molecule has 5 nitrogen and oxygen atoms in total. The molecule has 0 spiro atoms. The van der Waals surface area contributed by atoms with Crippen molar-refractivity contribution in [2.45, 2.75) is 6.54 Å². The minimum atomic E-state index is -0.426. The fourth-order valence-corrected chi connectivity index (χ4v) is 1.87. The quantitative estimate of drug-likeness (QED) is 0.678. The van der Waals surface area contributed by atoms with Crippen molar-refractivity contribution in [3.63, 3.8) is 0 Å². The van der Waals surface area contributed by atoms with E-state index in [0.29, 0.717) is 17.9 Å². The molecule has 2 rings (SSSR count). The van der Waals surface area contributed by atoms with Gasteiger partial charge in [0.1, 0.15) is 17.4 Å². The number of rotatable bonds is 5. The maximum atomic E-state index is 12.1. The third-order valence-electron chi connectivity index (χ3n) is 3.01. The summed E-state index contributed by atoms with van der Waals surface area (Å²) in [5, 5.41) is 11.9. The van der Waals surface area contributed by atoms with Crippen molar-refractivity contribution in [2.75, 3.05) is 7.11 Å². The van der Waals surface area contributed by atoms with Crippen LogP contribution < -0.4 is 10.1 Å². The van der Waals surface area contributed by atoms with Crippen LogP contribution in [0, 0.1) is 11.3 Å². The first-order chi connectivity index (χ1) is 10.7. The maximum Gasteiger partial charge on any atom is 0.262 e. The van der Waals surface area contributed by atoms with E-state index >= 15 is 0 Å². The molecule has 2 aromatic rings. The molecule has 1 heterocycles. The Bertz CT molecular complexity index is 718. The van der Waals surface area contributed by atoms with E-state index in [1.54, 1.807) is 43.8 Å².